The largest absolute Gasteiger partial charge is 0.439 e. The van der Waals surface area contributed by atoms with E-state index in [1.165, 1.54) is 6.20 Å². The zero-order valence-electron chi connectivity index (χ0n) is 15.6. The summed E-state index contributed by atoms with van der Waals surface area (Å²) in [7, 11) is 1.74. The fourth-order valence-electron chi connectivity index (χ4n) is 3.71. The summed E-state index contributed by atoms with van der Waals surface area (Å²) < 4.78 is 7.11. The number of furan rings is 1. The molecule has 1 aromatic carbocycles. The molecule has 6 nitrogen and oxygen atoms in total. The highest BCUT2D eigenvalue weighted by molar-refractivity contribution is 6.35. The molecule has 2 aromatic heterocycles. The summed E-state index contributed by atoms with van der Waals surface area (Å²) in [6.07, 6.45) is 2.42. The van der Waals surface area contributed by atoms with Crippen molar-refractivity contribution in [1.29, 1.82) is 0 Å². The normalized spacial score (nSPS) is 19.3. The molecule has 0 unspecified atom stereocenters. The average Bonchev–Trinajstić information content (AvgIpc) is 3.24. The molecule has 4 rings (SSSR count). The summed E-state index contributed by atoms with van der Waals surface area (Å²) >= 11 is 18.4. The van der Waals surface area contributed by atoms with Gasteiger partial charge in [0.25, 0.3) is 5.91 Å². The van der Waals surface area contributed by atoms with Gasteiger partial charge in [-0.05, 0) is 42.3 Å². The number of carbonyl (C=O) groups excluding carboxylic acids is 1. The van der Waals surface area contributed by atoms with Crippen molar-refractivity contribution in [1.82, 2.24) is 20.4 Å². The SMILES string of the molecule is Cn1ncc(Cl)c1-c1cc(C(=O)N[C@H]2CNCC[C@@H]2c2ccc(Cl)cc2)oc1Cl. The lowest BCUT2D eigenvalue weighted by atomic mass is 9.86. The van der Waals surface area contributed by atoms with Crippen LogP contribution < -0.4 is 10.6 Å². The van der Waals surface area contributed by atoms with E-state index in [2.05, 4.69) is 15.7 Å². The molecule has 0 radical (unpaired) electrons. The molecule has 2 atom stereocenters. The minimum atomic E-state index is -0.330. The Morgan fingerprint density at radius 3 is 2.72 bits per heavy atom. The maximum absolute atomic E-state index is 12.9. The van der Waals surface area contributed by atoms with Gasteiger partial charge in [0.1, 0.15) is 0 Å². The molecule has 1 saturated heterocycles. The van der Waals surface area contributed by atoms with E-state index in [-0.39, 0.29) is 28.8 Å². The zero-order valence-corrected chi connectivity index (χ0v) is 17.9. The molecule has 3 heterocycles. The number of carbonyl (C=O) groups is 1. The summed E-state index contributed by atoms with van der Waals surface area (Å²) in [5.74, 6) is -0.0271. The minimum absolute atomic E-state index is 0.0926. The highest BCUT2D eigenvalue weighted by Gasteiger charge is 2.29. The number of hydrogen-bond acceptors (Lipinski definition) is 4. The molecule has 0 spiro atoms. The Balaban J connectivity index is 1.55. The molecule has 1 aliphatic rings. The van der Waals surface area contributed by atoms with Crippen LogP contribution in [0, 0.1) is 0 Å². The summed E-state index contributed by atoms with van der Waals surface area (Å²) in [6.45, 7) is 1.54. The second-order valence-corrected chi connectivity index (χ2v) is 8.18. The fourth-order valence-corrected chi connectivity index (χ4v) is 4.34. The Morgan fingerprint density at radius 2 is 2.03 bits per heavy atom. The minimum Gasteiger partial charge on any atom is -0.439 e. The molecule has 29 heavy (non-hydrogen) atoms. The Morgan fingerprint density at radius 1 is 1.28 bits per heavy atom. The monoisotopic (exact) mass is 452 g/mol. The first kappa shape index (κ1) is 20.3. The Bertz CT molecular complexity index is 1010. The maximum atomic E-state index is 12.9. The van der Waals surface area contributed by atoms with Crippen LogP contribution in [0.2, 0.25) is 15.3 Å². The second kappa shape index (κ2) is 8.40. The number of rotatable bonds is 4. The van der Waals surface area contributed by atoms with Gasteiger partial charge in [0.05, 0.1) is 22.5 Å². The van der Waals surface area contributed by atoms with E-state index in [9.17, 15) is 4.79 Å². The quantitative estimate of drug-likeness (QED) is 0.609. The van der Waals surface area contributed by atoms with Crippen molar-refractivity contribution in [3.8, 4) is 11.3 Å². The first-order valence-electron chi connectivity index (χ1n) is 9.18. The Kier molecular flexibility index (Phi) is 5.88. The molecule has 1 aliphatic heterocycles. The molecule has 152 valence electrons. The maximum Gasteiger partial charge on any atom is 0.287 e. The number of hydrogen-bond donors (Lipinski definition) is 2. The number of benzene rings is 1. The highest BCUT2D eigenvalue weighted by Crippen LogP contribution is 2.35. The zero-order chi connectivity index (χ0) is 20.5. The first-order chi connectivity index (χ1) is 13.9. The molecule has 0 bridgehead atoms. The third-order valence-corrected chi connectivity index (χ3v) is 5.97. The van der Waals surface area contributed by atoms with Gasteiger partial charge in [-0.2, -0.15) is 5.10 Å². The van der Waals surface area contributed by atoms with E-state index < -0.39 is 0 Å². The van der Waals surface area contributed by atoms with Gasteiger partial charge in [-0.15, -0.1) is 0 Å². The number of nitrogens with one attached hydrogen (secondary N) is 2. The van der Waals surface area contributed by atoms with Crippen LogP contribution in [-0.2, 0) is 7.05 Å². The van der Waals surface area contributed by atoms with Crippen LogP contribution in [0.5, 0.6) is 0 Å². The number of halogens is 3. The van der Waals surface area contributed by atoms with Crippen molar-refractivity contribution in [3.63, 3.8) is 0 Å². The molecular formula is C20H19Cl3N4O2. The van der Waals surface area contributed by atoms with E-state index in [0.717, 1.165) is 18.5 Å². The third-order valence-electron chi connectivity index (χ3n) is 5.16. The van der Waals surface area contributed by atoms with Crippen molar-refractivity contribution in [3.05, 3.63) is 63.1 Å². The molecule has 9 heteroatoms. The summed E-state index contributed by atoms with van der Waals surface area (Å²) in [4.78, 5) is 12.9. The molecule has 1 fully saturated rings. The topological polar surface area (TPSA) is 72.1 Å². The van der Waals surface area contributed by atoms with Gasteiger partial charge in [0.2, 0.25) is 5.22 Å². The summed E-state index contributed by atoms with van der Waals surface area (Å²) in [5.41, 5.74) is 2.26. The van der Waals surface area contributed by atoms with Crippen molar-refractivity contribution in [2.24, 2.45) is 7.05 Å². The van der Waals surface area contributed by atoms with Crippen molar-refractivity contribution >= 4 is 40.7 Å². The molecule has 0 aliphatic carbocycles. The van der Waals surface area contributed by atoms with Gasteiger partial charge in [0, 0.05) is 36.6 Å². The lowest BCUT2D eigenvalue weighted by molar-refractivity contribution is 0.0896. The summed E-state index contributed by atoms with van der Waals surface area (Å²) in [6, 6.07) is 9.24. The van der Waals surface area contributed by atoms with Gasteiger partial charge < -0.3 is 15.1 Å². The van der Waals surface area contributed by atoms with Crippen LogP contribution in [-0.4, -0.2) is 34.8 Å². The average molecular weight is 454 g/mol. The first-order valence-corrected chi connectivity index (χ1v) is 10.3. The van der Waals surface area contributed by atoms with Gasteiger partial charge >= 0.3 is 0 Å². The fraction of sp³-hybridized carbons (Fsp3) is 0.300. The molecule has 3 aromatic rings. The lowest BCUT2D eigenvalue weighted by Crippen LogP contribution is -2.50. The number of piperidine rings is 1. The van der Waals surface area contributed by atoms with Crippen molar-refractivity contribution in [2.45, 2.75) is 18.4 Å². The van der Waals surface area contributed by atoms with Crippen LogP contribution in [0.1, 0.15) is 28.5 Å². The van der Waals surface area contributed by atoms with Crippen LogP contribution >= 0.6 is 34.8 Å². The molecule has 2 N–H and O–H groups in total. The number of aryl methyl sites for hydroxylation is 1. The predicted octanol–water partition coefficient (Wildman–Crippen LogP) is 4.52. The van der Waals surface area contributed by atoms with Gasteiger partial charge in [0.15, 0.2) is 5.76 Å². The number of amides is 1. The van der Waals surface area contributed by atoms with Gasteiger partial charge in [-0.25, -0.2) is 0 Å². The van der Waals surface area contributed by atoms with Crippen LogP contribution in [0.25, 0.3) is 11.3 Å². The van der Waals surface area contributed by atoms with Crippen LogP contribution in [0.15, 0.2) is 40.9 Å². The Hall–Kier alpha value is -1.99. The lowest BCUT2D eigenvalue weighted by Gasteiger charge is -2.33. The van der Waals surface area contributed by atoms with Crippen molar-refractivity contribution < 1.29 is 9.21 Å². The number of nitrogens with zero attached hydrogens (tertiary/aromatic N) is 2. The molecular weight excluding hydrogens is 435 g/mol. The summed E-state index contributed by atoms with van der Waals surface area (Å²) in [5, 5.41) is 11.7. The van der Waals surface area contributed by atoms with E-state index in [1.807, 2.05) is 24.3 Å². The van der Waals surface area contributed by atoms with Crippen molar-refractivity contribution in [2.75, 3.05) is 13.1 Å². The standard InChI is InChI=1S/C20H19Cl3N4O2/c1-27-18(15(22)9-25-27)14-8-17(29-19(14)23)20(28)26-16-10-24-7-6-13(16)11-2-4-12(21)5-3-11/h2-5,8-9,13,16,24H,6-7,10H2,1H3,(H,26,28)/t13-,16+/m1/s1. The van der Waals surface area contributed by atoms with Crippen LogP contribution in [0.3, 0.4) is 0 Å². The van der Waals surface area contributed by atoms with Crippen LogP contribution in [0.4, 0.5) is 0 Å². The smallest absolute Gasteiger partial charge is 0.287 e. The van der Waals surface area contributed by atoms with E-state index in [4.69, 9.17) is 39.2 Å². The van der Waals surface area contributed by atoms with Gasteiger partial charge in [-0.1, -0.05) is 35.3 Å². The number of aromatic nitrogens is 2. The third kappa shape index (κ3) is 4.16. The molecule has 1 amide bonds. The predicted molar refractivity (Wildman–Crippen MR) is 114 cm³/mol. The van der Waals surface area contributed by atoms with E-state index >= 15 is 0 Å². The van der Waals surface area contributed by atoms with E-state index in [0.29, 0.717) is 27.8 Å². The second-order valence-electron chi connectivity index (χ2n) is 6.99. The van der Waals surface area contributed by atoms with E-state index in [1.54, 1.807) is 17.8 Å². The Labute approximate surface area is 183 Å². The molecule has 0 saturated carbocycles. The highest BCUT2D eigenvalue weighted by atomic mass is 35.5. The van der Waals surface area contributed by atoms with Gasteiger partial charge in [-0.3, -0.25) is 9.48 Å².